The van der Waals surface area contributed by atoms with E-state index in [1.165, 1.54) is 24.3 Å². The Hall–Kier alpha value is -6.35. The van der Waals surface area contributed by atoms with Gasteiger partial charge in [-0.05, 0) is 84.9 Å². The predicted octanol–water partition coefficient (Wildman–Crippen LogP) is 3.82. The molecule has 4 aromatic rings. The fourth-order valence-corrected chi connectivity index (χ4v) is 5.27. The van der Waals surface area contributed by atoms with Crippen molar-refractivity contribution in [2.75, 3.05) is 10.6 Å². The van der Waals surface area contributed by atoms with Gasteiger partial charge >= 0.3 is 23.9 Å². The molecule has 0 saturated heterocycles. The minimum absolute atomic E-state index is 0.0170. The molecule has 0 atom stereocenters. The maximum absolute atomic E-state index is 13.2. The minimum Gasteiger partial charge on any atom is -0.478 e. The number of anilines is 2. The Morgan fingerprint density at radius 3 is 0.933 bits per heavy atom. The van der Waals surface area contributed by atoms with Crippen LogP contribution in [0.25, 0.3) is 0 Å². The van der Waals surface area contributed by atoms with E-state index >= 15 is 0 Å². The van der Waals surface area contributed by atoms with Gasteiger partial charge in [0.1, 0.15) is 0 Å². The second-order valence-electron chi connectivity index (χ2n) is 9.28. The molecule has 0 aliphatic heterocycles. The number of hydrogen-bond acceptors (Lipinski definition) is 8. The number of sulfone groups is 1. The Morgan fingerprint density at radius 2 is 0.689 bits per heavy atom. The third-order valence-electron chi connectivity index (χ3n) is 6.22. The molecule has 2 amide bonds. The van der Waals surface area contributed by atoms with E-state index in [0.717, 1.165) is 60.7 Å². The zero-order valence-corrected chi connectivity index (χ0v) is 23.4. The second kappa shape index (κ2) is 12.5. The van der Waals surface area contributed by atoms with Crippen LogP contribution in [0.3, 0.4) is 0 Å². The number of carboxylic acid groups (broad SMARTS) is 4. The molecule has 228 valence electrons. The Morgan fingerprint density at radius 1 is 0.422 bits per heavy atom. The molecule has 0 radical (unpaired) electrons. The number of carbonyl (C=O) groups is 6. The first kappa shape index (κ1) is 31.6. The summed E-state index contributed by atoms with van der Waals surface area (Å²) in [6.45, 7) is 0. The Balaban J connectivity index is 1.49. The van der Waals surface area contributed by atoms with E-state index in [-0.39, 0.29) is 54.5 Å². The quantitative estimate of drug-likeness (QED) is 0.146. The first-order valence-corrected chi connectivity index (χ1v) is 14.0. The Labute approximate surface area is 253 Å². The summed E-state index contributed by atoms with van der Waals surface area (Å²) in [6.07, 6.45) is 0. The molecule has 0 heterocycles. The van der Waals surface area contributed by atoms with Crippen molar-refractivity contribution in [1.82, 2.24) is 0 Å². The van der Waals surface area contributed by atoms with Crippen LogP contribution in [0.4, 0.5) is 11.4 Å². The second-order valence-corrected chi connectivity index (χ2v) is 11.2. The Bertz CT molecular complexity index is 1800. The summed E-state index contributed by atoms with van der Waals surface area (Å²) in [4.78, 5) is 70.2. The molecule has 15 heteroatoms. The average molecular weight is 633 g/mol. The number of carbonyl (C=O) groups excluding carboxylic acids is 2. The molecule has 0 aliphatic carbocycles. The Kier molecular flexibility index (Phi) is 8.76. The van der Waals surface area contributed by atoms with Crippen LogP contribution >= 0.6 is 0 Å². The standard InChI is InChI=1S/C30H20N2O12S/c33-25(31-21-11-17(27(35)36)9-18(12-21)28(37)38)15-1-5-23(6-2-15)45(43,44)24-7-3-16(4-8-24)26(34)32-22-13-19(29(39)40)10-20(14-22)30(41)42/h1-14H,(H,31,33)(H,32,34)(H,35,36)(H,37,38)(H,39,40)(H,41,42). The highest BCUT2D eigenvalue weighted by molar-refractivity contribution is 7.91. The molecule has 0 fully saturated rings. The van der Waals surface area contributed by atoms with Gasteiger partial charge in [0.05, 0.1) is 32.0 Å². The number of carboxylic acids is 4. The largest absolute Gasteiger partial charge is 0.478 e. The van der Waals surface area contributed by atoms with E-state index in [0.29, 0.717) is 0 Å². The molecular formula is C30H20N2O12S. The van der Waals surface area contributed by atoms with Crippen LogP contribution in [-0.4, -0.2) is 64.5 Å². The predicted molar refractivity (Wildman–Crippen MR) is 155 cm³/mol. The fraction of sp³-hybridized carbons (Fsp3) is 0. The van der Waals surface area contributed by atoms with Gasteiger partial charge in [0.2, 0.25) is 9.84 Å². The molecular weight excluding hydrogens is 612 g/mol. The number of nitrogens with one attached hydrogen (secondary N) is 2. The van der Waals surface area contributed by atoms with Crippen molar-refractivity contribution in [3.8, 4) is 0 Å². The normalized spacial score (nSPS) is 10.8. The van der Waals surface area contributed by atoms with Crippen LogP contribution in [0, 0.1) is 0 Å². The SMILES string of the molecule is O=C(O)c1cc(NC(=O)c2ccc(S(=O)(=O)c3ccc(C(=O)Nc4cc(C(=O)O)cc(C(=O)O)c4)cc3)cc2)cc(C(=O)O)c1. The van der Waals surface area contributed by atoms with Crippen molar-refractivity contribution in [2.45, 2.75) is 9.79 Å². The monoisotopic (exact) mass is 632 g/mol. The molecule has 0 aliphatic rings. The highest BCUT2D eigenvalue weighted by Crippen LogP contribution is 2.24. The summed E-state index contributed by atoms with van der Waals surface area (Å²) in [6, 6.07) is 15.5. The van der Waals surface area contributed by atoms with Crippen molar-refractivity contribution < 1.29 is 57.6 Å². The maximum atomic E-state index is 13.2. The third kappa shape index (κ3) is 7.18. The van der Waals surface area contributed by atoms with Crippen molar-refractivity contribution in [1.29, 1.82) is 0 Å². The topological polar surface area (TPSA) is 242 Å². The molecule has 0 aromatic heterocycles. The van der Waals surface area contributed by atoms with E-state index in [1.807, 2.05) is 0 Å². The molecule has 14 nitrogen and oxygen atoms in total. The van der Waals surface area contributed by atoms with E-state index < -0.39 is 45.5 Å². The number of rotatable bonds is 10. The zero-order valence-electron chi connectivity index (χ0n) is 22.5. The smallest absolute Gasteiger partial charge is 0.335 e. The van der Waals surface area contributed by atoms with Crippen molar-refractivity contribution in [3.63, 3.8) is 0 Å². The minimum atomic E-state index is -4.13. The lowest BCUT2D eigenvalue weighted by Gasteiger charge is -2.10. The lowest BCUT2D eigenvalue weighted by Crippen LogP contribution is -2.14. The van der Waals surface area contributed by atoms with Crippen LogP contribution < -0.4 is 10.6 Å². The van der Waals surface area contributed by atoms with Gasteiger partial charge in [-0.25, -0.2) is 27.6 Å². The fourth-order valence-electron chi connectivity index (χ4n) is 4.01. The summed E-state index contributed by atoms with van der Waals surface area (Å²) >= 11 is 0. The summed E-state index contributed by atoms with van der Waals surface area (Å²) in [5.74, 6) is -7.16. The van der Waals surface area contributed by atoms with E-state index in [4.69, 9.17) is 0 Å². The van der Waals surface area contributed by atoms with Gasteiger partial charge in [0, 0.05) is 22.5 Å². The van der Waals surface area contributed by atoms with Gasteiger partial charge in [-0.1, -0.05) is 0 Å². The highest BCUT2D eigenvalue weighted by atomic mass is 32.2. The summed E-state index contributed by atoms with van der Waals surface area (Å²) in [7, 11) is -4.13. The van der Waals surface area contributed by atoms with Gasteiger partial charge in [-0.2, -0.15) is 0 Å². The van der Waals surface area contributed by atoms with Gasteiger partial charge in [-0.15, -0.1) is 0 Å². The number of hydrogen-bond donors (Lipinski definition) is 6. The first-order chi connectivity index (χ1) is 21.1. The van der Waals surface area contributed by atoms with Crippen LogP contribution in [0.15, 0.2) is 94.7 Å². The average Bonchev–Trinajstić information content (AvgIpc) is 3.00. The number of benzene rings is 4. The summed E-state index contributed by atoms with van der Waals surface area (Å²) in [5.41, 5.74) is -1.70. The zero-order chi connectivity index (χ0) is 33.1. The number of aromatic carboxylic acids is 4. The van der Waals surface area contributed by atoms with Crippen molar-refractivity contribution in [2.24, 2.45) is 0 Å². The summed E-state index contributed by atoms with van der Waals surface area (Å²) in [5, 5.41) is 41.6. The van der Waals surface area contributed by atoms with Crippen LogP contribution in [-0.2, 0) is 9.84 Å². The van der Waals surface area contributed by atoms with Crippen molar-refractivity contribution >= 4 is 56.9 Å². The lowest BCUT2D eigenvalue weighted by molar-refractivity contribution is 0.0676. The molecule has 4 rings (SSSR count). The van der Waals surface area contributed by atoms with Crippen LogP contribution in [0.5, 0.6) is 0 Å². The van der Waals surface area contributed by atoms with Gasteiger partial charge in [0.25, 0.3) is 11.8 Å². The number of amides is 2. The van der Waals surface area contributed by atoms with E-state index in [1.54, 1.807) is 0 Å². The van der Waals surface area contributed by atoms with Crippen molar-refractivity contribution in [3.05, 3.63) is 118 Å². The molecule has 0 spiro atoms. The van der Waals surface area contributed by atoms with Gasteiger partial charge < -0.3 is 31.1 Å². The lowest BCUT2D eigenvalue weighted by atomic mass is 10.1. The van der Waals surface area contributed by atoms with E-state index in [2.05, 4.69) is 10.6 Å². The third-order valence-corrected chi connectivity index (χ3v) is 8.01. The molecule has 6 N–H and O–H groups in total. The molecule has 0 unspecified atom stereocenters. The first-order valence-electron chi connectivity index (χ1n) is 12.5. The van der Waals surface area contributed by atoms with E-state index in [9.17, 15) is 57.6 Å². The highest BCUT2D eigenvalue weighted by Gasteiger charge is 2.20. The maximum Gasteiger partial charge on any atom is 0.335 e. The summed E-state index contributed by atoms with van der Waals surface area (Å²) < 4.78 is 26.3. The van der Waals surface area contributed by atoms with Gasteiger partial charge in [0.15, 0.2) is 0 Å². The van der Waals surface area contributed by atoms with Crippen LogP contribution in [0.2, 0.25) is 0 Å². The molecule has 0 bridgehead atoms. The molecule has 4 aromatic carbocycles. The molecule has 0 saturated carbocycles. The molecule has 45 heavy (non-hydrogen) atoms. The van der Waals surface area contributed by atoms with Gasteiger partial charge in [-0.3, -0.25) is 9.59 Å². The van der Waals surface area contributed by atoms with Crippen LogP contribution in [0.1, 0.15) is 62.1 Å².